The molecule has 0 atom stereocenters. The maximum absolute atomic E-state index is 11.8. The molecule has 2 rings (SSSR count). The van der Waals surface area contributed by atoms with Crippen molar-refractivity contribution in [1.29, 1.82) is 0 Å². The number of carbonyl (C=O) groups excluding carboxylic acids is 1. The van der Waals surface area contributed by atoms with Gasteiger partial charge in [0.05, 0.1) is 18.5 Å². The zero-order valence-corrected chi connectivity index (χ0v) is 12.7. The van der Waals surface area contributed by atoms with Crippen LogP contribution in [0.2, 0.25) is 0 Å². The van der Waals surface area contributed by atoms with Gasteiger partial charge in [-0.1, -0.05) is 0 Å². The van der Waals surface area contributed by atoms with E-state index in [4.69, 9.17) is 4.74 Å². The molecule has 0 aliphatic rings. The average Bonchev–Trinajstić information content (AvgIpc) is 2.95. The van der Waals surface area contributed by atoms with E-state index in [0.29, 0.717) is 31.8 Å². The smallest absolute Gasteiger partial charge is 0.319 e. The van der Waals surface area contributed by atoms with Crippen LogP contribution in [-0.4, -0.2) is 46.0 Å². The lowest BCUT2D eigenvalue weighted by Gasteiger charge is -2.08. The Morgan fingerprint density at radius 3 is 3.00 bits per heavy atom. The van der Waals surface area contributed by atoms with Gasteiger partial charge in [-0.3, -0.25) is 4.98 Å². The van der Waals surface area contributed by atoms with Gasteiger partial charge in [0, 0.05) is 32.3 Å². The van der Waals surface area contributed by atoms with Gasteiger partial charge in [-0.25, -0.2) is 4.79 Å². The van der Waals surface area contributed by atoms with Crippen LogP contribution in [0.5, 0.6) is 0 Å². The van der Waals surface area contributed by atoms with E-state index in [-0.39, 0.29) is 6.03 Å². The molecule has 8 heteroatoms. The topological polar surface area (TPSA) is 94.0 Å². The quantitative estimate of drug-likeness (QED) is 0.795. The van der Waals surface area contributed by atoms with E-state index in [1.54, 1.807) is 19.6 Å². The average molecular weight is 304 g/mol. The number of hydrogen-bond acceptors (Lipinski definition) is 5. The molecule has 118 valence electrons. The van der Waals surface area contributed by atoms with Crippen LogP contribution in [0, 0.1) is 6.92 Å². The minimum absolute atomic E-state index is 0.270. The van der Waals surface area contributed by atoms with Crippen LogP contribution in [-0.2, 0) is 17.7 Å². The first-order valence-electron chi connectivity index (χ1n) is 7.02. The zero-order chi connectivity index (χ0) is 15.8. The van der Waals surface area contributed by atoms with Gasteiger partial charge >= 0.3 is 6.03 Å². The number of nitrogens with one attached hydrogen (secondary N) is 2. The molecule has 0 aliphatic carbocycles. The lowest BCUT2D eigenvalue weighted by Crippen LogP contribution is -2.31. The van der Waals surface area contributed by atoms with E-state index in [9.17, 15) is 4.79 Å². The molecule has 0 unspecified atom stereocenters. The molecular weight excluding hydrogens is 284 g/mol. The number of methoxy groups -OCH3 is 1. The Kier molecular flexibility index (Phi) is 5.84. The number of aryl methyl sites for hydroxylation is 1. The van der Waals surface area contributed by atoms with Gasteiger partial charge in [0.1, 0.15) is 12.2 Å². The van der Waals surface area contributed by atoms with Gasteiger partial charge in [-0.2, -0.15) is 0 Å². The Bertz CT molecular complexity index is 596. The third-order valence-electron chi connectivity index (χ3n) is 3.04. The predicted octanol–water partition coefficient (Wildman–Crippen LogP) is 0.992. The summed E-state index contributed by atoms with van der Waals surface area (Å²) in [5, 5.41) is 13.4. The van der Waals surface area contributed by atoms with Crippen LogP contribution in [0.3, 0.4) is 0 Å². The van der Waals surface area contributed by atoms with Crippen molar-refractivity contribution in [2.24, 2.45) is 0 Å². The lowest BCUT2D eigenvalue weighted by molar-refractivity contribution is 0.186. The number of pyridine rings is 1. The summed E-state index contributed by atoms with van der Waals surface area (Å²) >= 11 is 0. The predicted molar refractivity (Wildman–Crippen MR) is 81.6 cm³/mol. The van der Waals surface area contributed by atoms with Crippen molar-refractivity contribution in [2.45, 2.75) is 19.9 Å². The Morgan fingerprint density at radius 1 is 1.41 bits per heavy atom. The summed E-state index contributed by atoms with van der Waals surface area (Å²) in [7, 11) is 1.65. The standard InChI is InChI=1S/C14H20N6O2/c1-11-3-4-12(9-16-11)18-14(21)15-6-5-13-19-17-10-20(13)7-8-22-2/h3-4,9-10H,5-8H2,1-2H3,(H2,15,18,21). The minimum Gasteiger partial charge on any atom is -0.383 e. The molecular formula is C14H20N6O2. The summed E-state index contributed by atoms with van der Waals surface area (Å²) < 4.78 is 6.94. The Hall–Kier alpha value is -2.48. The van der Waals surface area contributed by atoms with Crippen LogP contribution >= 0.6 is 0 Å². The highest BCUT2D eigenvalue weighted by Crippen LogP contribution is 2.04. The molecule has 0 aromatic carbocycles. The van der Waals surface area contributed by atoms with Gasteiger partial charge in [0.2, 0.25) is 0 Å². The first kappa shape index (κ1) is 15.9. The minimum atomic E-state index is -0.270. The monoisotopic (exact) mass is 304 g/mol. The summed E-state index contributed by atoms with van der Waals surface area (Å²) in [6.45, 7) is 3.65. The number of rotatable bonds is 7. The number of urea groups is 1. The van der Waals surface area contributed by atoms with Gasteiger partial charge in [-0.05, 0) is 19.1 Å². The van der Waals surface area contributed by atoms with Gasteiger partial charge < -0.3 is 19.9 Å². The highest BCUT2D eigenvalue weighted by Gasteiger charge is 2.06. The Morgan fingerprint density at radius 2 is 2.27 bits per heavy atom. The molecule has 0 saturated heterocycles. The van der Waals surface area contributed by atoms with Crippen LogP contribution in [0.1, 0.15) is 11.5 Å². The van der Waals surface area contributed by atoms with Crippen LogP contribution < -0.4 is 10.6 Å². The van der Waals surface area contributed by atoms with Crippen molar-refractivity contribution in [3.05, 3.63) is 36.2 Å². The van der Waals surface area contributed by atoms with Crippen LogP contribution in [0.15, 0.2) is 24.7 Å². The number of anilines is 1. The van der Waals surface area contributed by atoms with Gasteiger partial charge in [0.15, 0.2) is 0 Å². The molecule has 0 saturated carbocycles. The molecule has 2 amide bonds. The fourth-order valence-corrected chi connectivity index (χ4v) is 1.85. The first-order chi connectivity index (χ1) is 10.7. The lowest BCUT2D eigenvalue weighted by atomic mass is 10.3. The molecule has 0 spiro atoms. The largest absolute Gasteiger partial charge is 0.383 e. The SMILES string of the molecule is COCCn1cnnc1CCNC(=O)Nc1ccc(C)nc1. The van der Waals surface area contributed by atoms with E-state index in [1.165, 1.54) is 0 Å². The fourth-order valence-electron chi connectivity index (χ4n) is 1.85. The van der Waals surface area contributed by atoms with E-state index in [0.717, 1.165) is 11.5 Å². The highest BCUT2D eigenvalue weighted by atomic mass is 16.5. The second-order valence-corrected chi connectivity index (χ2v) is 4.75. The number of ether oxygens (including phenoxy) is 1. The highest BCUT2D eigenvalue weighted by molar-refractivity contribution is 5.88. The summed E-state index contributed by atoms with van der Waals surface area (Å²) in [5.41, 5.74) is 1.56. The maximum Gasteiger partial charge on any atom is 0.319 e. The molecule has 2 N–H and O–H groups in total. The molecule has 0 aliphatic heterocycles. The molecule has 2 heterocycles. The molecule has 8 nitrogen and oxygen atoms in total. The second kappa shape index (κ2) is 8.08. The van der Waals surface area contributed by atoms with Crippen molar-refractivity contribution < 1.29 is 9.53 Å². The Balaban J connectivity index is 1.75. The fraction of sp³-hybridized carbons (Fsp3) is 0.429. The summed E-state index contributed by atoms with van der Waals surface area (Å²) in [4.78, 5) is 15.9. The van der Waals surface area contributed by atoms with E-state index in [1.807, 2.05) is 23.6 Å². The van der Waals surface area contributed by atoms with Crippen LogP contribution in [0.4, 0.5) is 10.5 Å². The normalized spacial score (nSPS) is 10.5. The number of aromatic nitrogens is 4. The first-order valence-corrected chi connectivity index (χ1v) is 7.02. The number of amides is 2. The number of nitrogens with zero attached hydrogens (tertiary/aromatic N) is 4. The second-order valence-electron chi connectivity index (χ2n) is 4.75. The maximum atomic E-state index is 11.8. The van der Waals surface area contributed by atoms with Crippen molar-refractivity contribution >= 4 is 11.7 Å². The van der Waals surface area contributed by atoms with Crippen molar-refractivity contribution in [3.8, 4) is 0 Å². The molecule has 0 radical (unpaired) electrons. The van der Waals surface area contributed by atoms with Crippen LogP contribution in [0.25, 0.3) is 0 Å². The van der Waals surface area contributed by atoms with Gasteiger partial charge in [0.25, 0.3) is 0 Å². The number of hydrogen-bond donors (Lipinski definition) is 2. The van der Waals surface area contributed by atoms with E-state index < -0.39 is 0 Å². The molecule has 0 fully saturated rings. The van der Waals surface area contributed by atoms with Gasteiger partial charge in [-0.15, -0.1) is 10.2 Å². The third kappa shape index (κ3) is 4.81. The van der Waals surface area contributed by atoms with E-state index in [2.05, 4.69) is 25.8 Å². The molecule has 22 heavy (non-hydrogen) atoms. The van der Waals surface area contributed by atoms with Crippen molar-refractivity contribution in [1.82, 2.24) is 25.1 Å². The zero-order valence-electron chi connectivity index (χ0n) is 12.7. The Labute approximate surface area is 128 Å². The van der Waals surface area contributed by atoms with E-state index >= 15 is 0 Å². The summed E-state index contributed by atoms with van der Waals surface area (Å²) in [6.07, 6.45) is 3.88. The molecule has 2 aromatic heterocycles. The molecule has 2 aromatic rings. The number of carbonyl (C=O) groups is 1. The summed E-state index contributed by atoms with van der Waals surface area (Å²) in [5.74, 6) is 0.814. The summed E-state index contributed by atoms with van der Waals surface area (Å²) in [6, 6.07) is 3.38. The van der Waals surface area contributed by atoms with Crippen molar-refractivity contribution in [2.75, 3.05) is 25.6 Å². The third-order valence-corrected chi connectivity index (χ3v) is 3.04. The van der Waals surface area contributed by atoms with Crippen molar-refractivity contribution in [3.63, 3.8) is 0 Å². The molecule has 0 bridgehead atoms.